The molecule has 0 fully saturated rings. The van der Waals surface area contributed by atoms with Gasteiger partial charge in [-0.1, -0.05) is 158 Å². The molecule has 0 N–H and O–H groups in total. The molecule has 57 heavy (non-hydrogen) atoms. The second kappa shape index (κ2) is 13.6. The fourth-order valence-corrected chi connectivity index (χ4v) is 8.55. The van der Waals surface area contributed by atoms with Crippen molar-refractivity contribution in [1.29, 1.82) is 0 Å². The maximum absolute atomic E-state index is 6.61. The molecule has 0 unspecified atom stereocenters. The van der Waals surface area contributed by atoms with E-state index in [9.17, 15) is 0 Å². The lowest BCUT2D eigenvalue weighted by molar-refractivity contribution is 0.669. The Labute approximate surface area is 330 Å². The first-order chi connectivity index (χ1) is 28.3. The fraction of sp³-hybridized carbons (Fsp3) is 0. The molecule has 0 radical (unpaired) electrons. The zero-order valence-electron chi connectivity index (χ0n) is 31.1. The molecule has 0 saturated carbocycles. The standard InChI is InChI=1S/C54H36N2O/c1-2-15-37(16-3-1)40-18-13-20-43(36-40)55(52-29-14-25-48-47-24-7-11-30-53(47)57-54(48)52)42-33-31-38(32-34-42)39-17-12-19-41(35-39)44-21-4-8-26-49(44)56-50-27-9-5-22-45(50)46-23-6-10-28-51(46)56/h1-36H. The summed E-state index contributed by atoms with van der Waals surface area (Å²) in [5, 5.41) is 4.73. The van der Waals surface area contributed by atoms with Gasteiger partial charge in [0.2, 0.25) is 0 Å². The quantitative estimate of drug-likeness (QED) is 0.163. The van der Waals surface area contributed by atoms with Crippen molar-refractivity contribution in [1.82, 2.24) is 4.57 Å². The van der Waals surface area contributed by atoms with Crippen LogP contribution in [0.15, 0.2) is 223 Å². The monoisotopic (exact) mass is 728 g/mol. The van der Waals surface area contributed by atoms with Crippen LogP contribution in [0.1, 0.15) is 0 Å². The first-order valence-electron chi connectivity index (χ1n) is 19.4. The number of rotatable bonds is 7. The number of fused-ring (bicyclic) bond motifs is 6. The van der Waals surface area contributed by atoms with Crippen molar-refractivity contribution in [3.8, 4) is 39.1 Å². The molecule has 3 nitrogen and oxygen atoms in total. The van der Waals surface area contributed by atoms with Gasteiger partial charge in [-0.25, -0.2) is 0 Å². The van der Waals surface area contributed by atoms with E-state index in [-0.39, 0.29) is 0 Å². The van der Waals surface area contributed by atoms with Crippen LogP contribution in [0.2, 0.25) is 0 Å². The smallest absolute Gasteiger partial charge is 0.159 e. The van der Waals surface area contributed by atoms with Gasteiger partial charge in [0, 0.05) is 38.5 Å². The summed E-state index contributed by atoms with van der Waals surface area (Å²) in [6.45, 7) is 0. The van der Waals surface area contributed by atoms with Crippen molar-refractivity contribution in [2.24, 2.45) is 0 Å². The van der Waals surface area contributed by atoms with Crippen LogP contribution in [0.5, 0.6) is 0 Å². The number of hydrogen-bond donors (Lipinski definition) is 0. The van der Waals surface area contributed by atoms with Gasteiger partial charge in [-0.05, 0) is 88.5 Å². The van der Waals surface area contributed by atoms with Crippen molar-refractivity contribution >= 4 is 60.8 Å². The van der Waals surface area contributed by atoms with Crippen LogP contribution in [0.25, 0.3) is 82.8 Å². The Balaban J connectivity index is 1.02. The normalized spacial score (nSPS) is 11.5. The summed E-state index contributed by atoms with van der Waals surface area (Å²) in [6.07, 6.45) is 0. The third kappa shape index (κ3) is 5.60. The zero-order chi connectivity index (χ0) is 37.7. The molecule has 11 aromatic rings. The topological polar surface area (TPSA) is 21.3 Å². The van der Waals surface area contributed by atoms with Gasteiger partial charge in [0.05, 0.1) is 22.4 Å². The Hall–Kier alpha value is -7.62. The minimum atomic E-state index is 0.863. The van der Waals surface area contributed by atoms with Gasteiger partial charge in [0.1, 0.15) is 5.58 Å². The lowest BCUT2D eigenvalue weighted by Crippen LogP contribution is -2.10. The highest BCUT2D eigenvalue weighted by Crippen LogP contribution is 2.44. The fourth-order valence-electron chi connectivity index (χ4n) is 8.55. The Kier molecular flexibility index (Phi) is 7.82. The molecule has 0 amide bonds. The summed E-state index contributed by atoms with van der Waals surface area (Å²) in [4.78, 5) is 2.32. The second-order valence-corrected chi connectivity index (χ2v) is 14.5. The Bertz CT molecular complexity index is 3190. The summed E-state index contributed by atoms with van der Waals surface area (Å²) in [6, 6.07) is 78.0. The lowest BCUT2D eigenvalue weighted by Gasteiger charge is -2.26. The van der Waals surface area contributed by atoms with Gasteiger partial charge in [0.25, 0.3) is 0 Å². The molecule has 0 aliphatic carbocycles. The predicted octanol–water partition coefficient (Wildman–Crippen LogP) is 15.2. The van der Waals surface area contributed by atoms with E-state index < -0.39 is 0 Å². The van der Waals surface area contributed by atoms with Crippen molar-refractivity contribution in [3.05, 3.63) is 218 Å². The molecule has 2 heterocycles. The summed E-state index contributed by atoms with van der Waals surface area (Å²) >= 11 is 0. The third-order valence-corrected chi connectivity index (χ3v) is 11.2. The molecule has 0 atom stereocenters. The number of benzene rings is 9. The van der Waals surface area contributed by atoms with Gasteiger partial charge < -0.3 is 13.9 Å². The largest absolute Gasteiger partial charge is 0.454 e. The molecule has 0 aliphatic rings. The van der Waals surface area contributed by atoms with Gasteiger partial charge in [-0.15, -0.1) is 0 Å². The van der Waals surface area contributed by atoms with Crippen LogP contribution in [-0.2, 0) is 0 Å². The van der Waals surface area contributed by atoms with Crippen molar-refractivity contribution < 1.29 is 4.42 Å². The average molecular weight is 729 g/mol. The van der Waals surface area contributed by atoms with Crippen LogP contribution in [0.3, 0.4) is 0 Å². The average Bonchev–Trinajstić information content (AvgIpc) is 3.84. The summed E-state index contributed by atoms with van der Waals surface area (Å²) in [7, 11) is 0. The molecular formula is C54H36N2O. The number of hydrogen-bond acceptors (Lipinski definition) is 2. The van der Waals surface area contributed by atoms with Crippen LogP contribution in [-0.4, -0.2) is 4.57 Å². The van der Waals surface area contributed by atoms with E-state index >= 15 is 0 Å². The van der Waals surface area contributed by atoms with E-state index in [1.54, 1.807) is 0 Å². The number of nitrogens with zero attached hydrogens (tertiary/aromatic N) is 2. The predicted molar refractivity (Wildman–Crippen MR) is 239 cm³/mol. The van der Waals surface area contributed by atoms with E-state index in [4.69, 9.17) is 4.42 Å². The van der Waals surface area contributed by atoms with E-state index in [1.807, 2.05) is 12.1 Å². The zero-order valence-corrected chi connectivity index (χ0v) is 31.1. The molecule has 9 aromatic carbocycles. The summed E-state index contributed by atoms with van der Waals surface area (Å²) in [5.41, 5.74) is 15.4. The molecule has 2 aromatic heterocycles. The molecule has 0 aliphatic heterocycles. The van der Waals surface area contributed by atoms with Crippen LogP contribution < -0.4 is 4.90 Å². The summed E-state index contributed by atoms with van der Waals surface area (Å²) < 4.78 is 9.02. The van der Waals surface area contributed by atoms with E-state index in [1.165, 1.54) is 38.5 Å². The molecule has 0 spiro atoms. The van der Waals surface area contributed by atoms with Gasteiger partial charge in [-0.2, -0.15) is 0 Å². The van der Waals surface area contributed by atoms with Crippen molar-refractivity contribution in [2.45, 2.75) is 0 Å². The second-order valence-electron chi connectivity index (χ2n) is 14.5. The van der Waals surface area contributed by atoms with Crippen molar-refractivity contribution in [2.75, 3.05) is 4.90 Å². The maximum atomic E-state index is 6.61. The number of para-hydroxylation sites is 5. The molecule has 11 rings (SSSR count). The minimum absolute atomic E-state index is 0.863. The van der Waals surface area contributed by atoms with Gasteiger partial charge in [0.15, 0.2) is 5.58 Å². The molecule has 0 bridgehead atoms. The third-order valence-electron chi connectivity index (χ3n) is 11.2. The highest BCUT2D eigenvalue weighted by molar-refractivity contribution is 6.11. The lowest BCUT2D eigenvalue weighted by atomic mass is 9.97. The van der Waals surface area contributed by atoms with E-state index in [0.29, 0.717) is 0 Å². The highest BCUT2D eigenvalue weighted by Gasteiger charge is 2.20. The molecular weight excluding hydrogens is 693 g/mol. The number of anilines is 3. The first kappa shape index (κ1) is 32.8. The van der Waals surface area contributed by atoms with Crippen LogP contribution >= 0.6 is 0 Å². The molecule has 268 valence electrons. The minimum Gasteiger partial charge on any atom is -0.454 e. The first-order valence-corrected chi connectivity index (χ1v) is 19.4. The number of aromatic nitrogens is 1. The Morgan fingerprint density at radius 3 is 1.70 bits per heavy atom. The van der Waals surface area contributed by atoms with Crippen LogP contribution in [0.4, 0.5) is 17.1 Å². The Morgan fingerprint density at radius 1 is 0.351 bits per heavy atom. The summed E-state index contributed by atoms with van der Waals surface area (Å²) in [5.74, 6) is 0. The molecule has 3 heteroatoms. The van der Waals surface area contributed by atoms with Crippen molar-refractivity contribution in [3.63, 3.8) is 0 Å². The van der Waals surface area contributed by atoms with Gasteiger partial charge >= 0.3 is 0 Å². The molecule has 0 saturated heterocycles. The van der Waals surface area contributed by atoms with Crippen LogP contribution in [0, 0.1) is 0 Å². The Morgan fingerprint density at radius 2 is 0.912 bits per heavy atom. The number of furan rings is 1. The van der Waals surface area contributed by atoms with E-state index in [2.05, 4.69) is 216 Å². The SMILES string of the molecule is c1ccc(-c2cccc(N(c3ccc(-c4cccc(-c5ccccc5-n5c6ccccc6c6ccccc65)c4)cc3)c3cccc4c3oc3ccccc34)c2)cc1. The van der Waals surface area contributed by atoms with E-state index in [0.717, 1.165) is 61.4 Å². The highest BCUT2D eigenvalue weighted by atomic mass is 16.3. The maximum Gasteiger partial charge on any atom is 0.159 e. The van der Waals surface area contributed by atoms with Gasteiger partial charge in [-0.3, -0.25) is 0 Å².